The van der Waals surface area contributed by atoms with Gasteiger partial charge in [0.2, 0.25) is 0 Å². The van der Waals surface area contributed by atoms with Crippen molar-refractivity contribution in [3.05, 3.63) is 65.2 Å². The van der Waals surface area contributed by atoms with Gasteiger partial charge in [0, 0.05) is 24.3 Å². The maximum atomic E-state index is 5.93. The molecule has 3 aromatic rings. The summed E-state index contributed by atoms with van der Waals surface area (Å²) >= 11 is 5.93. The molecule has 0 saturated heterocycles. The summed E-state index contributed by atoms with van der Waals surface area (Å²) in [6, 6.07) is 10.2. The minimum Gasteiger partial charge on any atom is -0.380 e. The lowest BCUT2D eigenvalue weighted by Crippen LogP contribution is -2.01. The van der Waals surface area contributed by atoms with Crippen molar-refractivity contribution in [3.63, 3.8) is 0 Å². The van der Waals surface area contributed by atoms with Gasteiger partial charge in [-0.05, 0) is 29.5 Å². The molecule has 3 rings (SSSR count). The molecule has 0 bridgehead atoms. The van der Waals surface area contributed by atoms with Crippen LogP contribution in [-0.2, 0) is 6.54 Å². The maximum Gasteiger partial charge on any atom is 0.132 e. The van der Waals surface area contributed by atoms with E-state index in [0.29, 0.717) is 11.7 Å². The third kappa shape index (κ3) is 2.58. The Hall–Kier alpha value is -2.13. The molecule has 100 valence electrons. The van der Waals surface area contributed by atoms with Crippen molar-refractivity contribution < 1.29 is 0 Å². The standard InChI is InChI=1S/C16H14ClN3/c1-11-6-14(10-20-16(11)17)19-9-13-8-18-7-12-4-2-3-5-15(12)13/h2-8,10,19H,9H2,1H3. The molecule has 0 aliphatic carbocycles. The van der Waals surface area contributed by atoms with Crippen molar-refractivity contribution in [2.45, 2.75) is 13.5 Å². The van der Waals surface area contributed by atoms with Crippen LogP contribution >= 0.6 is 11.6 Å². The van der Waals surface area contributed by atoms with Crippen LogP contribution in [0.5, 0.6) is 0 Å². The predicted molar refractivity (Wildman–Crippen MR) is 83.1 cm³/mol. The van der Waals surface area contributed by atoms with Crippen molar-refractivity contribution in [1.29, 1.82) is 0 Å². The lowest BCUT2D eigenvalue weighted by atomic mass is 10.1. The van der Waals surface area contributed by atoms with Gasteiger partial charge in [-0.25, -0.2) is 4.98 Å². The Balaban J connectivity index is 1.85. The lowest BCUT2D eigenvalue weighted by Gasteiger charge is -2.09. The molecule has 0 saturated carbocycles. The van der Waals surface area contributed by atoms with Gasteiger partial charge >= 0.3 is 0 Å². The first-order valence-electron chi connectivity index (χ1n) is 6.42. The zero-order valence-electron chi connectivity index (χ0n) is 11.1. The van der Waals surface area contributed by atoms with Crippen LogP contribution in [0.25, 0.3) is 10.8 Å². The van der Waals surface area contributed by atoms with E-state index in [9.17, 15) is 0 Å². The van der Waals surface area contributed by atoms with Gasteiger partial charge in [0.05, 0.1) is 11.9 Å². The zero-order chi connectivity index (χ0) is 13.9. The van der Waals surface area contributed by atoms with E-state index in [2.05, 4.69) is 27.4 Å². The Bertz CT molecular complexity index is 750. The Morgan fingerprint density at radius 1 is 1.15 bits per heavy atom. The summed E-state index contributed by atoms with van der Waals surface area (Å²) in [7, 11) is 0. The Labute approximate surface area is 122 Å². The second-order valence-electron chi connectivity index (χ2n) is 4.71. The molecule has 0 unspecified atom stereocenters. The molecule has 3 nitrogen and oxygen atoms in total. The topological polar surface area (TPSA) is 37.8 Å². The fourth-order valence-corrected chi connectivity index (χ4v) is 2.28. The summed E-state index contributed by atoms with van der Waals surface area (Å²) in [5.41, 5.74) is 3.09. The van der Waals surface area contributed by atoms with Gasteiger partial charge in [0.15, 0.2) is 0 Å². The first kappa shape index (κ1) is 12.9. The number of aromatic nitrogens is 2. The Morgan fingerprint density at radius 3 is 2.85 bits per heavy atom. The monoisotopic (exact) mass is 283 g/mol. The first-order chi connectivity index (χ1) is 9.74. The largest absolute Gasteiger partial charge is 0.380 e. The average Bonchev–Trinajstić information content (AvgIpc) is 2.48. The molecule has 20 heavy (non-hydrogen) atoms. The van der Waals surface area contributed by atoms with E-state index in [-0.39, 0.29) is 0 Å². The maximum absolute atomic E-state index is 5.93. The van der Waals surface area contributed by atoms with Crippen LogP contribution in [0, 0.1) is 6.92 Å². The summed E-state index contributed by atoms with van der Waals surface area (Å²) in [5.74, 6) is 0. The average molecular weight is 284 g/mol. The molecule has 0 amide bonds. The second kappa shape index (κ2) is 5.47. The molecule has 0 spiro atoms. The molecular formula is C16H14ClN3. The highest BCUT2D eigenvalue weighted by atomic mass is 35.5. The number of halogens is 1. The van der Waals surface area contributed by atoms with Gasteiger partial charge in [-0.15, -0.1) is 0 Å². The molecule has 2 aromatic heterocycles. The lowest BCUT2D eigenvalue weighted by molar-refractivity contribution is 1.12. The molecular weight excluding hydrogens is 270 g/mol. The van der Waals surface area contributed by atoms with E-state index in [1.54, 1.807) is 6.20 Å². The van der Waals surface area contributed by atoms with E-state index in [4.69, 9.17) is 11.6 Å². The van der Waals surface area contributed by atoms with Crippen molar-refractivity contribution in [3.8, 4) is 0 Å². The molecule has 0 radical (unpaired) electrons. The number of anilines is 1. The van der Waals surface area contributed by atoms with E-state index in [1.807, 2.05) is 37.5 Å². The number of nitrogens with one attached hydrogen (secondary N) is 1. The fraction of sp³-hybridized carbons (Fsp3) is 0.125. The number of hydrogen-bond donors (Lipinski definition) is 1. The summed E-state index contributed by atoms with van der Waals surface area (Å²) in [6.07, 6.45) is 5.52. The van der Waals surface area contributed by atoms with Crippen LogP contribution in [0.4, 0.5) is 5.69 Å². The van der Waals surface area contributed by atoms with Gasteiger partial charge in [0.1, 0.15) is 5.15 Å². The minimum atomic E-state index is 0.544. The molecule has 2 heterocycles. The van der Waals surface area contributed by atoms with Crippen molar-refractivity contribution in [1.82, 2.24) is 9.97 Å². The molecule has 1 aromatic carbocycles. The van der Waals surface area contributed by atoms with Crippen LogP contribution in [-0.4, -0.2) is 9.97 Å². The summed E-state index contributed by atoms with van der Waals surface area (Å²) in [4.78, 5) is 8.42. The highest BCUT2D eigenvalue weighted by molar-refractivity contribution is 6.30. The molecule has 0 aliphatic rings. The summed E-state index contributed by atoms with van der Waals surface area (Å²) < 4.78 is 0. The van der Waals surface area contributed by atoms with E-state index < -0.39 is 0 Å². The molecule has 1 N–H and O–H groups in total. The molecule has 4 heteroatoms. The summed E-state index contributed by atoms with van der Waals surface area (Å²) in [5, 5.41) is 6.27. The highest BCUT2D eigenvalue weighted by Gasteiger charge is 2.02. The van der Waals surface area contributed by atoms with Gasteiger partial charge in [-0.3, -0.25) is 4.98 Å². The van der Waals surface area contributed by atoms with Crippen LogP contribution in [0.1, 0.15) is 11.1 Å². The number of fused-ring (bicyclic) bond motifs is 1. The Kier molecular flexibility index (Phi) is 3.52. The van der Waals surface area contributed by atoms with Gasteiger partial charge in [-0.2, -0.15) is 0 Å². The SMILES string of the molecule is Cc1cc(NCc2cncc3ccccc23)cnc1Cl. The van der Waals surface area contributed by atoms with Crippen molar-refractivity contribution in [2.24, 2.45) is 0 Å². The predicted octanol–water partition coefficient (Wildman–Crippen LogP) is 4.20. The van der Waals surface area contributed by atoms with Gasteiger partial charge in [-0.1, -0.05) is 35.9 Å². The van der Waals surface area contributed by atoms with Gasteiger partial charge < -0.3 is 5.32 Å². The number of hydrogen-bond acceptors (Lipinski definition) is 3. The van der Waals surface area contributed by atoms with Crippen LogP contribution in [0.2, 0.25) is 5.15 Å². The number of pyridine rings is 2. The molecule has 0 fully saturated rings. The van der Waals surface area contributed by atoms with E-state index in [0.717, 1.165) is 22.2 Å². The third-order valence-electron chi connectivity index (χ3n) is 3.25. The minimum absolute atomic E-state index is 0.544. The van der Waals surface area contributed by atoms with Crippen molar-refractivity contribution in [2.75, 3.05) is 5.32 Å². The molecule has 0 atom stereocenters. The normalized spacial score (nSPS) is 10.7. The fourth-order valence-electron chi connectivity index (χ4n) is 2.17. The van der Waals surface area contributed by atoms with Crippen LogP contribution in [0.15, 0.2) is 48.9 Å². The Morgan fingerprint density at radius 2 is 2.00 bits per heavy atom. The number of nitrogens with zero attached hydrogens (tertiary/aromatic N) is 2. The van der Waals surface area contributed by atoms with E-state index >= 15 is 0 Å². The second-order valence-corrected chi connectivity index (χ2v) is 5.06. The quantitative estimate of drug-likeness (QED) is 0.732. The van der Waals surface area contributed by atoms with Crippen LogP contribution < -0.4 is 5.32 Å². The third-order valence-corrected chi connectivity index (χ3v) is 3.64. The smallest absolute Gasteiger partial charge is 0.132 e. The van der Waals surface area contributed by atoms with Crippen molar-refractivity contribution >= 4 is 28.1 Å². The number of benzene rings is 1. The zero-order valence-corrected chi connectivity index (χ0v) is 11.9. The number of rotatable bonds is 3. The first-order valence-corrected chi connectivity index (χ1v) is 6.79. The molecule has 0 aliphatic heterocycles. The summed E-state index contributed by atoms with van der Waals surface area (Å²) in [6.45, 7) is 2.65. The van der Waals surface area contributed by atoms with Gasteiger partial charge in [0.25, 0.3) is 0 Å². The number of aryl methyl sites for hydroxylation is 1. The van der Waals surface area contributed by atoms with Crippen LogP contribution in [0.3, 0.4) is 0 Å². The highest BCUT2D eigenvalue weighted by Crippen LogP contribution is 2.20. The van der Waals surface area contributed by atoms with E-state index in [1.165, 1.54) is 5.39 Å².